The lowest BCUT2D eigenvalue weighted by Crippen LogP contribution is -2.51. The van der Waals surface area contributed by atoms with Gasteiger partial charge in [-0.3, -0.25) is 23.4 Å². The number of phosphoric acid groups is 1. The highest BCUT2D eigenvalue weighted by Gasteiger charge is 2.68. The van der Waals surface area contributed by atoms with Gasteiger partial charge < -0.3 is 25.2 Å². The zero-order valence-corrected chi connectivity index (χ0v) is 34.0. The van der Waals surface area contributed by atoms with Crippen molar-refractivity contribution in [2.24, 2.45) is 28.1 Å². The fraction of sp³-hybridized carbons (Fsp3) is 0.568. The topological polar surface area (TPSA) is 226 Å². The largest absolute Gasteiger partial charge is 0.530 e. The van der Waals surface area contributed by atoms with E-state index in [-0.39, 0.29) is 40.2 Å². The van der Waals surface area contributed by atoms with Crippen molar-refractivity contribution in [3.63, 3.8) is 0 Å². The molecule has 0 spiro atoms. The van der Waals surface area contributed by atoms with Crippen LogP contribution in [0.1, 0.15) is 80.5 Å². The maximum Gasteiger partial charge on any atom is 0.530 e. The number of hydrogen-bond donors (Lipinski definition) is 3. The number of carboxylic acids is 2. The molecule has 2 aromatic heterocycles. The van der Waals surface area contributed by atoms with Gasteiger partial charge in [-0.25, -0.2) is 14.1 Å². The Balaban J connectivity index is 1.81. The van der Waals surface area contributed by atoms with Crippen LogP contribution in [-0.4, -0.2) is 66.9 Å². The molecular weight excluding hydrogens is 737 g/mol. The maximum atomic E-state index is 14.5. The standard InChI is InChI=1S/C37H50N5O10PS/c1-33(2,3)22-11-13-23(14-12-22)52-53(48,49-17-18-54-32(47)34(4,5)6)50-19-25-27(35(7,8)30(43)44)28(36(9,10)31(45)46)37(20-38,51-25)26-16-15-24-29(39)40-21-41-42(24)26/h11-16,21,25,27-28H,17-19H2,1-10H3,(H,43,44)(H,45,46)(H2,39,40,41)/t25-,27+,28+,37-,53-/m0/s1. The van der Waals surface area contributed by atoms with Crippen molar-refractivity contribution in [2.75, 3.05) is 24.7 Å². The van der Waals surface area contributed by atoms with Crippen LogP contribution in [0.25, 0.3) is 5.52 Å². The molecule has 1 fully saturated rings. The molecule has 0 aliphatic carbocycles. The molecule has 0 unspecified atom stereocenters. The summed E-state index contributed by atoms with van der Waals surface area (Å²) in [6, 6.07) is 12.0. The highest BCUT2D eigenvalue weighted by molar-refractivity contribution is 8.13. The van der Waals surface area contributed by atoms with E-state index in [1.54, 1.807) is 51.1 Å². The third-order valence-corrected chi connectivity index (χ3v) is 12.4. The van der Waals surface area contributed by atoms with Gasteiger partial charge in [-0.2, -0.15) is 10.4 Å². The van der Waals surface area contributed by atoms with E-state index in [9.17, 15) is 34.4 Å². The van der Waals surface area contributed by atoms with E-state index in [4.69, 9.17) is 24.0 Å². The monoisotopic (exact) mass is 787 g/mol. The molecule has 0 saturated carbocycles. The van der Waals surface area contributed by atoms with Gasteiger partial charge in [-0.15, -0.1) is 0 Å². The van der Waals surface area contributed by atoms with Crippen molar-refractivity contribution in [3.05, 3.63) is 54.0 Å². The van der Waals surface area contributed by atoms with E-state index in [1.165, 1.54) is 38.3 Å². The lowest BCUT2D eigenvalue weighted by Gasteiger charge is -2.42. The van der Waals surface area contributed by atoms with E-state index in [0.717, 1.165) is 23.7 Å². The van der Waals surface area contributed by atoms with Crippen LogP contribution in [0, 0.1) is 39.4 Å². The van der Waals surface area contributed by atoms with E-state index in [0.29, 0.717) is 5.52 Å². The number of carboxylic acid groups (broad SMARTS) is 2. The number of anilines is 1. The van der Waals surface area contributed by atoms with E-state index < -0.39 is 66.2 Å². The molecule has 54 heavy (non-hydrogen) atoms. The van der Waals surface area contributed by atoms with Gasteiger partial charge in [-0.1, -0.05) is 65.4 Å². The second-order valence-electron chi connectivity index (χ2n) is 16.5. The summed E-state index contributed by atoms with van der Waals surface area (Å²) < 4.78 is 39.9. The number of hydrogen-bond acceptors (Lipinski definition) is 13. The molecule has 4 N–H and O–H groups in total. The first-order valence-electron chi connectivity index (χ1n) is 17.3. The van der Waals surface area contributed by atoms with Gasteiger partial charge in [-0.05, 0) is 62.9 Å². The summed E-state index contributed by atoms with van der Waals surface area (Å²) in [5, 5.41) is 36.4. The Hall–Kier alpha value is -4.00. The van der Waals surface area contributed by atoms with Crippen molar-refractivity contribution in [3.8, 4) is 11.8 Å². The number of nitrogens with zero attached hydrogens (tertiary/aromatic N) is 4. The molecule has 1 aliphatic heterocycles. The predicted molar refractivity (Wildman–Crippen MR) is 202 cm³/mol. The Morgan fingerprint density at radius 2 is 1.59 bits per heavy atom. The highest BCUT2D eigenvalue weighted by Crippen LogP contribution is 2.61. The minimum absolute atomic E-state index is 0.0758. The number of nitrogens with two attached hydrogens (primary N) is 1. The molecule has 4 rings (SSSR count). The molecule has 294 valence electrons. The average Bonchev–Trinajstić information content (AvgIpc) is 3.67. The molecule has 0 amide bonds. The maximum absolute atomic E-state index is 14.5. The second kappa shape index (κ2) is 15.3. The number of aromatic nitrogens is 3. The Bertz CT molecular complexity index is 1980. The summed E-state index contributed by atoms with van der Waals surface area (Å²) in [4.78, 5) is 42.5. The summed E-state index contributed by atoms with van der Waals surface area (Å²) in [5.74, 6) is -4.92. The number of ether oxygens (including phenoxy) is 1. The third kappa shape index (κ3) is 8.45. The highest BCUT2D eigenvalue weighted by atomic mass is 32.2. The molecule has 1 aliphatic rings. The SMILES string of the molecule is CC(C)(C)C(=O)SCCO[P@@](=O)(OC[C@@H]1O[C@@](C#N)(c2ccc3c(N)ncnn23)[C@@H](C(C)(C)C(=O)O)[C@@H]1C(C)(C)C(=O)O)Oc1ccc(C(C)(C)C)cc1. The Labute approximate surface area is 319 Å². The van der Waals surface area contributed by atoms with Crippen LogP contribution < -0.4 is 10.3 Å². The van der Waals surface area contributed by atoms with Crippen LogP contribution in [0.3, 0.4) is 0 Å². The van der Waals surface area contributed by atoms with Crippen molar-refractivity contribution < 1.29 is 47.5 Å². The van der Waals surface area contributed by atoms with E-state index >= 15 is 0 Å². The average molecular weight is 788 g/mol. The van der Waals surface area contributed by atoms with Crippen molar-refractivity contribution >= 4 is 48.0 Å². The molecule has 17 heteroatoms. The second-order valence-corrected chi connectivity index (χ2v) is 19.2. The number of carbonyl (C=O) groups is 3. The number of nitriles is 1. The molecule has 1 aromatic carbocycles. The Morgan fingerprint density at radius 3 is 2.13 bits per heavy atom. The molecule has 0 bridgehead atoms. The molecule has 1 saturated heterocycles. The van der Waals surface area contributed by atoms with Gasteiger partial charge in [0.05, 0.1) is 35.8 Å². The zero-order valence-electron chi connectivity index (χ0n) is 32.3. The molecule has 5 atom stereocenters. The number of phosphoric ester groups is 1. The van der Waals surface area contributed by atoms with Crippen LogP contribution in [0.15, 0.2) is 42.7 Å². The van der Waals surface area contributed by atoms with Crippen LogP contribution in [0.5, 0.6) is 5.75 Å². The summed E-state index contributed by atoms with van der Waals surface area (Å²) in [6.07, 6.45) is -0.209. The Kier molecular flexibility index (Phi) is 12.1. The first-order chi connectivity index (χ1) is 24.8. The smallest absolute Gasteiger partial charge is 0.481 e. The minimum atomic E-state index is -4.58. The van der Waals surface area contributed by atoms with Gasteiger partial charge in [0, 0.05) is 23.0 Å². The van der Waals surface area contributed by atoms with Crippen molar-refractivity contribution in [1.82, 2.24) is 14.6 Å². The molecule has 15 nitrogen and oxygen atoms in total. The normalized spacial score (nSPS) is 22.1. The number of thioether (sulfide) groups is 1. The number of carbonyl (C=O) groups excluding carboxylic acids is 1. The lowest BCUT2D eigenvalue weighted by atomic mass is 9.57. The number of rotatable bonds is 14. The van der Waals surface area contributed by atoms with E-state index in [1.807, 2.05) is 20.8 Å². The van der Waals surface area contributed by atoms with Crippen molar-refractivity contribution in [2.45, 2.75) is 86.4 Å². The zero-order chi connectivity index (χ0) is 40.7. The molecular formula is C37H50N5O10PS. The van der Waals surface area contributed by atoms with Gasteiger partial charge in [0.1, 0.15) is 23.7 Å². The van der Waals surface area contributed by atoms with Gasteiger partial charge in [0.15, 0.2) is 10.9 Å². The van der Waals surface area contributed by atoms with Gasteiger partial charge in [0.25, 0.3) is 0 Å². The minimum Gasteiger partial charge on any atom is -0.481 e. The fourth-order valence-corrected chi connectivity index (χ4v) is 8.72. The quantitative estimate of drug-likeness (QED) is 0.114. The van der Waals surface area contributed by atoms with Gasteiger partial charge in [0.2, 0.25) is 5.60 Å². The molecule has 3 heterocycles. The van der Waals surface area contributed by atoms with Crippen LogP contribution >= 0.6 is 19.6 Å². The fourth-order valence-electron chi connectivity index (χ4n) is 6.61. The van der Waals surface area contributed by atoms with Crippen LogP contribution in [0.2, 0.25) is 0 Å². The number of benzene rings is 1. The predicted octanol–water partition coefficient (Wildman–Crippen LogP) is 6.71. The van der Waals surface area contributed by atoms with E-state index in [2.05, 4.69) is 16.2 Å². The number of aliphatic carboxylic acids is 2. The summed E-state index contributed by atoms with van der Waals surface area (Å²) in [6.45, 7) is 16.1. The van der Waals surface area contributed by atoms with Crippen LogP contribution in [0.4, 0.5) is 5.82 Å². The summed E-state index contributed by atoms with van der Waals surface area (Å²) in [5.41, 5.74) is 0.945. The Morgan fingerprint density at radius 1 is 0.981 bits per heavy atom. The lowest BCUT2D eigenvalue weighted by molar-refractivity contribution is -0.161. The molecule has 0 radical (unpaired) electrons. The van der Waals surface area contributed by atoms with Gasteiger partial charge >= 0.3 is 19.8 Å². The van der Waals surface area contributed by atoms with Crippen molar-refractivity contribution in [1.29, 1.82) is 5.26 Å². The first-order valence-corrected chi connectivity index (χ1v) is 19.8. The molecule has 3 aromatic rings. The summed E-state index contributed by atoms with van der Waals surface area (Å²) in [7, 11) is -4.58. The summed E-state index contributed by atoms with van der Waals surface area (Å²) >= 11 is 0.995. The van der Waals surface area contributed by atoms with Crippen LogP contribution in [-0.2, 0) is 43.7 Å². The first kappa shape index (κ1) is 42.7. The third-order valence-electron chi connectivity index (χ3n) is 9.79. The number of nitrogen functional groups attached to an aromatic ring is 1. The number of fused-ring (bicyclic) bond motifs is 1.